The summed E-state index contributed by atoms with van der Waals surface area (Å²) in [6.45, 7) is 3.51. The Hall–Kier alpha value is -2.63. The zero-order chi connectivity index (χ0) is 23.6. The van der Waals surface area contributed by atoms with Gasteiger partial charge in [0.25, 0.3) is 11.8 Å². The third-order valence-corrected chi connectivity index (χ3v) is 6.18. The first-order valence-electron chi connectivity index (χ1n) is 9.04. The molecule has 1 fully saturated rings. The molecule has 0 unspecified atom stereocenters. The normalized spacial score (nSPS) is 16.0. The molecule has 1 aromatic carbocycles. The highest BCUT2D eigenvalue weighted by atomic mass is 35.5. The molecule has 0 aliphatic carbocycles. The van der Waals surface area contributed by atoms with E-state index in [0.29, 0.717) is 10.8 Å². The molecule has 0 bridgehead atoms. The summed E-state index contributed by atoms with van der Waals surface area (Å²) in [6.07, 6.45) is -2.50. The van der Waals surface area contributed by atoms with Crippen LogP contribution in [0.3, 0.4) is 0 Å². The fourth-order valence-electron chi connectivity index (χ4n) is 2.90. The van der Waals surface area contributed by atoms with Gasteiger partial charge in [-0.1, -0.05) is 29.8 Å². The molecule has 3 rings (SSSR count). The molecular weight excluding hydrogens is 485 g/mol. The van der Waals surface area contributed by atoms with Gasteiger partial charge < -0.3 is 0 Å². The van der Waals surface area contributed by atoms with Gasteiger partial charge in [-0.2, -0.15) is 18.3 Å². The zero-order valence-corrected chi connectivity index (χ0v) is 19.0. The van der Waals surface area contributed by atoms with Crippen LogP contribution in [0.5, 0.6) is 0 Å². The number of carbonyl (C=O) groups is 2. The van der Waals surface area contributed by atoms with Gasteiger partial charge in [-0.15, -0.1) is 18.3 Å². The number of thioether (sulfide) groups is 1. The number of benzene rings is 1. The monoisotopic (exact) mass is 500 g/mol. The summed E-state index contributed by atoms with van der Waals surface area (Å²) < 4.78 is 42.2. The molecule has 1 aromatic heterocycles. The number of thiocarbonyl (C=S) groups is 1. The van der Waals surface area contributed by atoms with Gasteiger partial charge in [0, 0.05) is 29.9 Å². The second-order valence-electron chi connectivity index (χ2n) is 6.63. The number of hydrogen-bond donors (Lipinski definition) is 1. The Bertz CT molecular complexity index is 1130. The molecule has 1 aliphatic heterocycles. The van der Waals surface area contributed by atoms with Gasteiger partial charge in [-0.25, -0.2) is 0 Å². The Morgan fingerprint density at radius 3 is 2.53 bits per heavy atom. The fraction of sp³-hybridized carbons (Fsp3) is 0.200. The zero-order valence-electron chi connectivity index (χ0n) is 16.6. The lowest BCUT2D eigenvalue weighted by molar-refractivity contribution is -0.141. The minimum Gasteiger partial charge on any atom is -0.298 e. The number of amides is 2. The van der Waals surface area contributed by atoms with E-state index in [0.717, 1.165) is 33.0 Å². The average molecular weight is 501 g/mol. The quantitative estimate of drug-likeness (QED) is 0.212. The molecule has 2 aromatic rings. The lowest BCUT2D eigenvalue weighted by Crippen LogP contribution is -2.53. The summed E-state index contributed by atoms with van der Waals surface area (Å²) in [5, 5.41) is 6.45. The van der Waals surface area contributed by atoms with Crippen LogP contribution in [0.15, 0.2) is 47.5 Å². The van der Waals surface area contributed by atoms with E-state index in [1.54, 1.807) is 24.3 Å². The van der Waals surface area contributed by atoms with Crippen LogP contribution in [0.2, 0.25) is 5.02 Å². The maximum atomic E-state index is 13.7. The summed E-state index contributed by atoms with van der Waals surface area (Å²) in [4.78, 5) is 26.2. The molecule has 0 saturated carbocycles. The molecule has 0 atom stereocenters. The number of nitrogens with zero attached hydrogens (tertiary/aromatic N) is 3. The predicted molar refractivity (Wildman–Crippen MR) is 120 cm³/mol. The molecular formula is C20H16ClF3N4O2S2. The van der Waals surface area contributed by atoms with Gasteiger partial charge in [0.1, 0.15) is 10.6 Å². The number of aromatic nitrogens is 2. The van der Waals surface area contributed by atoms with Crippen molar-refractivity contribution < 1.29 is 22.8 Å². The molecule has 12 heteroatoms. The molecule has 1 saturated heterocycles. The van der Waals surface area contributed by atoms with Crippen molar-refractivity contribution in [1.82, 2.24) is 20.0 Å². The molecule has 6 nitrogen and oxygen atoms in total. The van der Waals surface area contributed by atoms with Crippen LogP contribution in [0.1, 0.15) is 16.8 Å². The number of carbonyl (C=O) groups excluding carboxylic acids is 2. The summed E-state index contributed by atoms with van der Waals surface area (Å²) >= 11 is 11.9. The number of halogens is 4. The van der Waals surface area contributed by atoms with Crippen LogP contribution >= 0.6 is 35.6 Å². The van der Waals surface area contributed by atoms with Gasteiger partial charge in [0.05, 0.1) is 0 Å². The maximum absolute atomic E-state index is 13.7. The molecule has 1 N–H and O–H groups in total. The Morgan fingerprint density at radius 1 is 1.28 bits per heavy atom. The summed E-state index contributed by atoms with van der Waals surface area (Å²) in [7, 11) is 1.36. The van der Waals surface area contributed by atoms with Crippen molar-refractivity contribution >= 4 is 58.6 Å². The number of rotatable bonds is 6. The maximum Gasteiger partial charge on any atom is 0.435 e. The third-order valence-electron chi connectivity index (χ3n) is 4.37. The Kier molecular flexibility index (Phi) is 7.11. The van der Waals surface area contributed by atoms with E-state index in [1.807, 2.05) is 0 Å². The summed E-state index contributed by atoms with van der Waals surface area (Å²) in [5.74, 6) is -1.38. The van der Waals surface area contributed by atoms with Gasteiger partial charge in [-0.05, 0) is 36.0 Å². The molecule has 0 radical (unpaired) electrons. The Labute approximate surface area is 196 Å². The largest absolute Gasteiger partial charge is 0.435 e. The van der Waals surface area contributed by atoms with Gasteiger partial charge in [0.2, 0.25) is 0 Å². The van der Waals surface area contributed by atoms with E-state index in [1.165, 1.54) is 13.1 Å². The van der Waals surface area contributed by atoms with Crippen molar-refractivity contribution in [2.75, 3.05) is 6.54 Å². The second-order valence-corrected chi connectivity index (χ2v) is 8.41. The smallest absolute Gasteiger partial charge is 0.298 e. The van der Waals surface area contributed by atoms with Crippen LogP contribution in [0.4, 0.5) is 13.2 Å². The molecule has 2 amide bonds. The van der Waals surface area contributed by atoms with Gasteiger partial charge >= 0.3 is 6.18 Å². The number of alkyl halides is 3. The Morgan fingerprint density at radius 2 is 1.94 bits per heavy atom. The van der Waals surface area contributed by atoms with Gasteiger partial charge in [-0.3, -0.25) is 24.5 Å². The first-order chi connectivity index (χ1) is 15.0. The SMILES string of the molecule is C=CCN1C(=O)/C(=C/c2c(C(F)(F)F)nn(C)c2SCc2ccc(Cl)cc2)C(=O)NC1=S. The lowest BCUT2D eigenvalue weighted by atomic mass is 10.1. The van der Waals surface area contributed by atoms with E-state index in [2.05, 4.69) is 17.0 Å². The highest BCUT2D eigenvalue weighted by molar-refractivity contribution is 7.98. The highest BCUT2D eigenvalue weighted by Crippen LogP contribution is 2.38. The first kappa shape index (κ1) is 24.0. The fourth-order valence-corrected chi connectivity index (χ4v) is 4.31. The lowest BCUT2D eigenvalue weighted by Gasteiger charge is -2.27. The van der Waals surface area contributed by atoms with Crippen LogP contribution in [0, 0.1) is 0 Å². The number of hydrogen-bond acceptors (Lipinski definition) is 5. The minimum absolute atomic E-state index is 0.00731. The standard InChI is InChI=1S/C20H16ClF3N4O2S2/c1-3-8-28-17(30)14(16(29)25-19(28)31)9-13-15(20(22,23)24)26-27(2)18(13)32-10-11-4-6-12(21)7-5-11/h3-7,9H,1,8,10H2,2H3,(H,25,29,31)/b14-9+. The van der Waals surface area contributed by atoms with Crippen molar-refractivity contribution in [1.29, 1.82) is 0 Å². The summed E-state index contributed by atoms with van der Waals surface area (Å²) in [6, 6.07) is 6.85. The molecule has 32 heavy (non-hydrogen) atoms. The molecule has 1 aliphatic rings. The van der Waals surface area contributed by atoms with Crippen LogP contribution < -0.4 is 5.32 Å². The van der Waals surface area contributed by atoms with Crippen molar-refractivity contribution in [3.63, 3.8) is 0 Å². The van der Waals surface area contributed by atoms with Crippen molar-refractivity contribution in [2.45, 2.75) is 17.0 Å². The van der Waals surface area contributed by atoms with E-state index in [9.17, 15) is 22.8 Å². The van der Waals surface area contributed by atoms with E-state index < -0.39 is 29.3 Å². The molecule has 2 heterocycles. The predicted octanol–water partition coefficient (Wildman–Crippen LogP) is 4.20. The van der Waals surface area contributed by atoms with Gasteiger partial charge in [0.15, 0.2) is 10.8 Å². The summed E-state index contributed by atoms with van der Waals surface area (Å²) in [5.41, 5.74) is -1.23. The van der Waals surface area contributed by atoms with E-state index in [4.69, 9.17) is 23.8 Å². The number of nitrogens with one attached hydrogen (secondary N) is 1. The average Bonchev–Trinajstić information content (AvgIpc) is 3.03. The molecule has 168 valence electrons. The van der Waals surface area contributed by atoms with Crippen LogP contribution in [0.25, 0.3) is 6.08 Å². The van der Waals surface area contributed by atoms with Crippen molar-refractivity contribution in [2.24, 2.45) is 7.05 Å². The minimum atomic E-state index is -4.80. The Balaban J connectivity index is 2.05. The highest BCUT2D eigenvalue weighted by Gasteiger charge is 2.40. The molecule has 0 spiro atoms. The van der Waals surface area contributed by atoms with Crippen LogP contribution in [-0.2, 0) is 28.6 Å². The number of aryl methyl sites for hydroxylation is 1. The third kappa shape index (κ3) is 5.05. The topological polar surface area (TPSA) is 67.2 Å². The second kappa shape index (κ2) is 9.47. The van der Waals surface area contributed by atoms with E-state index in [-0.39, 0.29) is 22.2 Å². The van der Waals surface area contributed by atoms with Crippen LogP contribution in [-0.4, -0.2) is 38.2 Å². The first-order valence-corrected chi connectivity index (χ1v) is 10.8. The van der Waals surface area contributed by atoms with E-state index >= 15 is 0 Å². The van der Waals surface area contributed by atoms with Crippen molar-refractivity contribution in [3.8, 4) is 0 Å². The van der Waals surface area contributed by atoms with Crippen molar-refractivity contribution in [3.05, 3.63) is 64.3 Å².